The molecule has 0 N–H and O–H groups in total. The van der Waals surface area contributed by atoms with Gasteiger partial charge in [0.25, 0.3) is 0 Å². The number of rotatable bonds is 5. The highest BCUT2D eigenvalue weighted by Gasteiger charge is 2.28. The summed E-state index contributed by atoms with van der Waals surface area (Å²) in [4.78, 5) is 17.8. The lowest BCUT2D eigenvalue weighted by Crippen LogP contribution is -2.16. The number of methoxy groups -OCH3 is 2. The lowest BCUT2D eigenvalue weighted by atomic mass is 10.0. The Bertz CT molecular complexity index is 1240. The molecule has 6 nitrogen and oxygen atoms in total. The molecule has 0 aliphatic heterocycles. The van der Waals surface area contributed by atoms with E-state index < -0.39 is 12.1 Å². The summed E-state index contributed by atoms with van der Waals surface area (Å²) < 4.78 is 16.1. The van der Waals surface area contributed by atoms with Crippen LogP contribution in [0.5, 0.6) is 11.5 Å². The molecule has 0 radical (unpaired) electrons. The number of hydrogen-bond donors (Lipinski definition) is 0. The molecular weight excluding hydrogens is 392 g/mol. The van der Waals surface area contributed by atoms with Crippen molar-refractivity contribution < 1.29 is 19.0 Å². The molecule has 4 rings (SSSR count). The number of ether oxygens (including phenoxy) is 3. The van der Waals surface area contributed by atoms with Crippen molar-refractivity contribution >= 4 is 28.5 Å². The van der Waals surface area contributed by atoms with Crippen molar-refractivity contribution in [1.29, 1.82) is 5.26 Å². The highest BCUT2D eigenvalue weighted by molar-refractivity contribution is 6.07. The second-order valence-electron chi connectivity index (χ2n) is 7.29. The largest absolute Gasteiger partial charge is 0.493 e. The molecule has 1 heterocycles. The molecule has 0 saturated heterocycles. The number of fused-ring (bicyclic) bond motifs is 2. The van der Waals surface area contributed by atoms with Crippen molar-refractivity contribution in [3.63, 3.8) is 0 Å². The standard InChI is InChI=1S/C25H22N2O4/c1-15(14-26)31-25(28)23-18-6-4-5-7-20(18)27-24-17(9-10-19(23)24)12-16-8-11-21(29-2)22(13-16)30-3/h4-8,11-13,15H,9-10H2,1-3H3/b17-12+/t15-/m1/s1. The fourth-order valence-corrected chi connectivity index (χ4v) is 3.90. The Balaban J connectivity index is 1.83. The van der Waals surface area contributed by atoms with Crippen LogP contribution in [0.25, 0.3) is 22.6 Å². The molecule has 0 amide bonds. The van der Waals surface area contributed by atoms with Gasteiger partial charge in [-0.05, 0) is 60.7 Å². The summed E-state index contributed by atoms with van der Waals surface area (Å²) in [5.41, 5.74) is 4.87. The topological polar surface area (TPSA) is 81.4 Å². The quantitative estimate of drug-likeness (QED) is 0.558. The average Bonchev–Trinajstić information content (AvgIpc) is 3.18. The Labute approximate surface area is 180 Å². The lowest BCUT2D eigenvalue weighted by Gasteiger charge is -2.13. The van der Waals surface area contributed by atoms with E-state index in [1.54, 1.807) is 21.1 Å². The van der Waals surface area contributed by atoms with E-state index in [1.165, 1.54) is 0 Å². The van der Waals surface area contributed by atoms with Crippen molar-refractivity contribution in [2.24, 2.45) is 0 Å². The Morgan fingerprint density at radius 2 is 1.90 bits per heavy atom. The summed E-state index contributed by atoms with van der Waals surface area (Å²) in [5, 5.41) is 9.80. The summed E-state index contributed by atoms with van der Waals surface area (Å²) in [7, 11) is 3.21. The number of para-hydroxylation sites is 1. The van der Waals surface area contributed by atoms with E-state index in [9.17, 15) is 4.79 Å². The van der Waals surface area contributed by atoms with Gasteiger partial charge in [0.1, 0.15) is 6.07 Å². The molecule has 3 aromatic rings. The number of carbonyl (C=O) groups is 1. The highest BCUT2D eigenvalue weighted by atomic mass is 16.5. The molecule has 156 valence electrons. The Morgan fingerprint density at radius 1 is 1.13 bits per heavy atom. The van der Waals surface area contributed by atoms with Gasteiger partial charge in [-0.25, -0.2) is 9.78 Å². The first kappa shape index (κ1) is 20.4. The predicted octanol–water partition coefficient (Wildman–Crippen LogP) is 4.81. The molecule has 1 aliphatic rings. The van der Waals surface area contributed by atoms with E-state index in [2.05, 4.69) is 6.08 Å². The minimum Gasteiger partial charge on any atom is -0.493 e. The monoisotopic (exact) mass is 414 g/mol. The van der Waals surface area contributed by atoms with Gasteiger partial charge in [0.2, 0.25) is 0 Å². The van der Waals surface area contributed by atoms with E-state index in [0.29, 0.717) is 23.5 Å². The maximum absolute atomic E-state index is 13.0. The third kappa shape index (κ3) is 3.82. The summed E-state index contributed by atoms with van der Waals surface area (Å²) in [6.07, 6.45) is 2.67. The van der Waals surface area contributed by atoms with Gasteiger partial charge in [-0.1, -0.05) is 24.3 Å². The SMILES string of the molecule is COc1ccc(/C=C2\CCc3c2nc2ccccc2c3C(=O)O[C@H](C)C#N)cc1OC. The fraction of sp³-hybridized carbons (Fsp3) is 0.240. The van der Waals surface area contributed by atoms with Crippen LogP contribution in [0.1, 0.15) is 40.5 Å². The summed E-state index contributed by atoms with van der Waals surface area (Å²) in [6, 6.07) is 15.2. The number of hydrogen-bond acceptors (Lipinski definition) is 6. The van der Waals surface area contributed by atoms with E-state index >= 15 is 0 Å². The van der Waals surface area contributed by atoms with Crippen LogP contribution in [0, 0.1) is 11.3 Å². The van der Waals surface area contributed by atoms with Crippen molar-refractivity contribution in [2.45, 2.75) is 25.9 Å². The van der Waals surface area contributed by atoms with Crippen LogP contribution in [0.4, 0.5) is 0 Å². The molecule has 1 aliphatic carbocycles. The summed E-state index contributed by atoms with van der Waals surface area (Å²) in [5.74, 6) is 0.824. The fourth-order valence-electron chi connectivity index (χ4n) is 3.90. The van der Waals surface area contributed by atoms with Crippen LogP contribution in [0.2, 0.25) is 0 Å². The molecule has 0 fully saturated rings. The number of nitriles is 1. The van der Waals surface area contributed by atoms with Crippen molar-refractivity contribution in [1.82, 2.24) is 4.98 Å². The number of pyridine rings is 1. The van der Waals surface area contributed by atoms with Crippen molar-refractivity contribution in [3.8, 4) is 17.6 Å². The molecule has 2 aromatic carbocycles. The first-order valence-corrected chi connectivity index (χ1v) is 10.0. The second-order valence-corrected chi connectivity index (χ2v) is 7.29. The molecule has 0 saturated carbocycles. The molecule has 1 aromatic heterocycles. The van der Waals surface area contributed by atoms with Gasteiger partial charge in [-0.2, -0.15) is 5.26 Å². The predicted molar refractivity (Wildman–Crippen MR) is 118 cm³/mol. The number of benzene rings is 2. The van der Waals surface area contributed by atoms with E-state index in [4.69, 9.17) is 24.5 Å². The zero-order valence-electron chi connectivity index (χ0n) is 17.6. The van der Waals surface area contributed by atoms with E-state index in [-0.39, 0.29) is 0 Å². The number of carbonyl (C=O) groups excluding carboxylic acids is 1. The Morgan fingerprint density at radius 3 is 2.65 bits per heavy atom. The average molecular weight is 414 g/mol. The molecule has 0 bridgehead atoms. The van der Waals surface area contributed by atoms with Gasteiger partial charge in [-0.3, -0.25) is 0 Å². The van der Waals surface area contributed by atoms with Gasteiger partial charge < -0.3 is 14.2 Å². The van der Waals surface area contributed by atoms with Gasteiger partial charge in [0.15, 0.2) is 17.6 Å². The zero-order valence-corrected chi connectivity index (χ0v) is 17.6. The molecule has 31 heavy (non-hydrogen) atoms. The maximum atomic E-state index is 13.0. The Hall–Kier alpha value is -3.85. The molecular formula is C25H22N2O4. The minimum absolute atomic E-state index is 0.490. The van der Waals surface area contributed by atoms with Gasteiger partial charge in [0, 0.05) is 5.39 Å². The first-order chi connectivity index (χ1) is 15.0. The smallest absolute Gasteiger partial charge is 0.340 e. The van der Waals surface area contributed by atoms with Crippen molar-refractivity contribution in [2.75, 3.05) is 14.2 Å². The van der Waals surface area contributed by atoms with E-state index in [1.807, 2.05) is 48.5 Å². The zero-order chi connectivity index (χ0) is 22.0. The molecule has 1 atom stereocenters. The highest BCUT2D eigenvalue weighted by Crippen LogP contribution is 2.38. The maximum Gasteiger partial charge on any atom is 0.340 e. The van der Waals surface area contributed by atoms with Crippen LogP contribution < -0.4 is 9.47 Å². The third-order valence-electron chi connectivity index (χ3n) is 5.36. The van der Waals surface area contributed by atoms with Crippen molar-refractivity contribution in [3.05, 3.63) is 64.8 Å². The van der Waals surface area contributed by atoms with Crippen LogP contribution >= 0.6 is 0 Å². The lowest BCUT2D eigenvalue weighted by molar-refractivity contribution is 0.0436. The first-order valence-electron chi connectivity index (χ1n) is 10.0. The van der Waals surface area contributed by atoms with Gasteiger partial charge in [0.05, 0.1) is 31.0 Å². The van der Waals surface area contributed by atoms with E-state index in [0.717, 1.165) is 39.7 Å². The summed E-state index contributed by atoms with van der Waals surface area (Å²) in [6.45, 7) is 1.56. The molecule has 0 unspecified atom stereocenters. The van der Waals surface area contributed by atoms with Crippen LogP contribution in [0.3, 0.4) is 0 Å². The third-order valence-corrected chi connectivity index (χ3v) is 5.36. The number of nitrogens with zero attached hydrogens (tertiary/aromatic N) is 2. The minimum atomic E-state index is -0.821. The van der Waals surface area contributed by atoms with Crippen LogP contribution in [0.15, 0.2) is 42.5 Å². The molecule has 0 spiro atoms. The van der Waals surface area contributed by atoms with Gasteiger partial charge >= 0.3 is 5.97 Å². The summed E-state index contributed by atoms with van der Waals surface area (Å²) >= 11 is 0. The number of aromatic nitrogens is 1. The Kier molecular flexibility index (Phi) is 5.59. The normalized spacial score (nSPS) is 14.7. The number of allylic oxidation sites excluding steroid dienone is 1. The molecule has 6 heteroatoms. The van der Waals surface area contributed by atoms with Crippen LogP contribution in [-0.4, -0.2) is 31.3 Å². The second kappa shape index (κ2) is 8.49. The number of esters is 1. The van der Waals surface area contributed by atoms with Crippen LogP contribution in [-0.2, 0) is 11.2 Å². The van der Waals surface area contributed by atoms with Gasteiger partial charge in [-0.15, -0.1) is 0 Å².